The Labute approximate surface area is 122 Å². The van der Waals surface area contributed by atoms with E-state index in [1.807, 2.05) is 0 Å². The van der Waals surface area contributed by atoms with Gasteiger partial charge in [0.25, 0.3) is 5.91 Å². The number of aliphatic carboxylic acids is 1. The van der Waals surface area contributed by atoms with Crippen LogP contribution in [0.2, 0.25) is 5.02 Å². The third-order valence-corrected chi connectivity index (χ3v) is 3.26. The average molecular weight is 300 g/mol. The Balaban J connectivity index is 2.89. The van der Waals surface area contributed by atoms with Crippen LogP contribution in [0.1, 0.15) is 29.3 Å². The molecule has 0 aliphatic heterocycles. The number of carbonyl (C=O) groups is 2. The molecule has 1 atom stereocenters. The maximum absolute atomic E-state index is 12.2. The number of hydrogen-bond acceptors (Lipinski definition) is 3. The number of rotatable bonds is 6. The van der Waals surface area contributed by atoms with E-state index in [1.165, 1.54) is 7.11 Å². The van der Waals surface area contributed by atoms with E-state index in [9.17, 15) is 9.59 Å². The molecule has 0 saturated heterocycles. The van der Waals surface area contributed by atoms with Gasteiger partial charge in [-0.3, -0.25) is 9.59 Å². The van der Waals surface area contributed by atoms with E-state index in [2.05, 4.69) is 5.32 Å². The van der Waals surface area contributed by atoms with E-state index in [0.29, 0.717) is 10.6 Å². The van der Waals surface area contributed by atoms with Crippen LogP contribution in [0.25, 0.3) is 0 Å². The first-order valence-corrected chi connectivity index (χ1v) is 6.44. The highest BCUT2D eigenvalue weighted by Crippen LogP contribution is 2.18. The number of methoxy groups -OCH3 is 1. The maximum Gasteiger partial charge on any atom is 0.305 e. The highest BCUT2D eigenvalue weighted by Gasteiger charge is 2.30. The molecule has 1 aromatic carbocycles. The quantitative estimate of drug-likeness (QED) is 0.845. The van der Waals surface area contributed by atoms with E-state index in [4.69, 9.17) is 21.4 Å². The van der Waals surface area contributed by atoms with Gasteiger partial charge in [0, 0.05) is 17.7 Å². The number of halogens is 1. The van der Waals surface area contributed by atoms with Crippen LogP contribution in [0.15, 0.2) is 18.2 Å². The van der Waals surface area contributed by atoms with Crippen molar-refractivity contribution in [2.45, 2.75) is 25.8 Å². The molecule has 0 aliphatic carbocycles. The molecule has 0 bridgehead atoms. The Morgan fingerprint density at radius 3 is 2.60 bits per heavy atom. The molecule has 110 valence electrons. The molecule has 6 heteroatoms. The molecular formula is C14H18ClNO4. The fraction of sp³-hybridized carbons (Fsp3) is 0.429. The summed E-state index contributed by atoms with van der Waals surface area (Å²) < 4.78 is 4.99. The zero-order valence-corrected chi connectivity index (χ0v) is 12.5. The lowest BCUT2D eigenvalue weighted by Crippen LogP contribution is -2.50. The van der Waals surface area contributed by atoms with Crippen LogP contribution in [0, 0.1) is 6.92 Å². The summed E-state index contributed by atoms with van der Waals surface area (Å²) in [6.45, 7) is 3.54. The summed E-state index contributed by atoms with van der Waals surface area (Å²) in [4.78, 5) is 23.1. The first-order valence-electron chi connectivity index (χ1n) is 6.07. The van der Waals surface area contributed by atoms with Gasteiger partial charge in [-0.05, 0) is 37.6 Å². The van der Waals surface area contributed by atoms with Gasteiger partial charge in [-0.1, -0.05) is 11.6 Å². The molecule has 1 unspecified atom stereocenters. The predicted molar refractivity (Wildman–Crippen MR) is 76.2 cm³/mol. The highest BCUT2D eigenvalue weighted by molar-refractivity contribution is 6.31. The van der Waals surface area contributed by atoms with Crippen molar-refractivity contribution in [3.05, 3.63) is 34.3 Å². The fourth-order valence-corrected chi connectivity index (χ4v) is 2.03. The zero-order valence-electron chi connectivity index (χ0n) is 11.7. The van der Waals surface area contributed by atoms with Gasteiger partial charge in [-0.2, -0.15) is 0 Å². The molecule has 0 aliphatic rings. The van der Waals surface area contributed by atoms with Crippen molar-refractivity contribution in [1.29, 1.82) is 0 Å². The molecule has 0 aromatic heterocycles. The number of ether oxygens (including phenoxy) is 1. The number of benzene rings is 1. The normalized spacial score (nSPS) is 13.6. The number of amides is 1. The Morgan fingerprint density at radius 2 is 2.10 bits per heavy atom. The minimum absolute atomic E-state index is 0.109. The average Bonchev–Trinajstić information content (AvgIpc) is 2.31. The minimum Gasteiger partial charge on any atom is -0.481 e. The molecule has 0 fully saturated rings. The van der Waals surface area contributed by atoms with Gasteiger partial charge in [0.15, 0.2) is 0 Å². The predicted octanol–water partition coefficient (Wildman–Crippen LogP) is 2.26. The molecular weight excluding hydrogens is 282 g/mol. The number of hydrogen-bond donors (Lipinski definition) is 2. The van der Waals surface area contributed by atoms with Crippen LogP contribution in [-0.4, -0.2) is 36.2 Å². The van der Waals surface area contributed by atoms with Gasteiger partial charge in [0.05, 0.1) is 18.6 Å². The van der Waals surface area contributed by atoms with E-state index >= 15 is 0 Å². The van der Waals surface area contributed by atoms with Crippen molar-refractivity contribution < 1.29 is 19.4 Å². The lowest BCUT2D eigenvalue weighted by Gasteiger charge is -2.28. The molecule has 2 N–H and O–H groups in total. The Kier molecular flexibility index (Phi) is 5.53. The molecule has 1 rings (SSSR count). The summed E-state index contributed by atoms with van der Waals surface area (Å²) in [7, 11) is 1.46. The number of nitrogens with one attached hydrogen (secondary N) is 1. The van der Waals surface area contributed by atoms with Gasteiger partial charge in [-0.15, -0.1) is 0 Å². The molecule has 0 radical (unpaired) electrons. The topological polar surface area (TPSA) is 75.6 Å². The smallest absolute Gasteiger partial charge is 0.305 e. The SMILES string of the molecule is COCC(C)(CC(=O)O)NC(=O)c1ccc(Cl)c(C)c1. The number of aryl methyl sites for hydroxylation is 1. The second-order valence-electron chi connectivity index (χ2n) is 4.98. The van der Waals surface area contributed by atoms with Crippen LogP contribution < -0.4 is 5.32 Å². The summed E-state index contributed by atoms with van der Waals surface area (Å²) in [6, 6.07) is 4.89. The highest BCUT2D eigenvalue weighted by atomic mass is 35.5. The summed E-state index contributed by atoms with van der Waals surface area (Å²) in [5.74, 6) is -1.36. The zero-order chi connectivity index (χ0) is 15.3. The Bertz CT molecular complexity index is 518. The van der Waals surface area contributed by atoms with Crippen molar-refractivity contribution in [3.63, 3.8) is 0 Å². The van der Waals surface area contributed by atoms with E-state index in [0.717, 1.165) is 5.56 Å². The molecule has 1 aromatic rings. The van der Waals surface area contributed by atoms with Crippen molar-refractivity contribution >= 4 is 23.5 Å². The van der Waals surface area contributed by atoms with Crippen molar-refractivity contribution in [2.75, 3.05) is 13.7 Å². The van der Waals surface area contributed by atoms with Crippen LogP contribution in [0.3, 0.4) is 0 Å². The third kappa shape index (κ3) is 4.51. The van der Waals surface area contributed by atoms with Crippen molar-refractivity contribution in [2.24, 2.45) is 0 Å². The summed E-state index contributed by atoms with van der Waals surface area (Å²) >= 11 is 5.91. The number of carboxylic acid groups (broad SMARTS) is 1. The van der Waals surface area contributed by atoms with E-state index < -0.39 is 11.5 Å². The standard InChI is InChI=1S/C14H18ClNO4/c1-9-6-10(4-5-11(9)15)13(19)16-14(2,8-20-3)7-12(17)18/h4-6H,7-8H2,1-3H3,(H,16,19)(H,17,18). The second-order valence-corrected chi connectivity index (χ2v) is 5.39. The largest absolute Gasteiger partial charge is 0.481 e. The van der Waals surface area contributed by atoms with Crippen molar-refractivity contribution in [3.8, 4) is 0 Å². The van der Waals surface area contributed by atoms with E-state index in [-0.39, 0.29) is 18.9 Å². The summed E-state index contributed by atoms with van der Waals surface area (Å²) in [6.07, 6.45) is -0.223. The molecule has 1 amide bonds. The molecule has 20 heavy (non-hydrogen) atoms. The molecule has 0 heterocycles. The monoisotopic (exact) mass is 299 g/mol. The first-order chi connectivity index (χ1) is 9.27. The van der Waals surface area contributed by atoms with Gasteiger partial charge in [0.1, 0.15) is 0 Å². The fourth-order valence-electron chi connectivity index (χ4n) is 1.92. The lowest BCUT2D eigenvalue weighted by molar-refractivity contribution is -0.139. The second kappa shape index (κ2) is 6.72. The maximum atomic E-state index is 12.2. The third-order valence-electron chi connectivity index (χ3n) is 2.84. The van der Waals surface area contributed by atoms with Crippen LogP contribution in [-0.2, 0) is 9.53 Å². The molecule has 5 nitrogen and oxygen atoms in total. The van der Waals surface area contributed by atoms with Gasteiger partial charge in [-0.25, -0.2) is 0 Å². The summed E-state index contributed by atoms with van der Waals surface area (Å²) in [5.41, 5.74) is 0.246. The first kappa shape index (κ1) is 16.5. The van der Waals surface area contributed by atoms with Gasteiger partial charge in [0.2, 0.25) is 0 Å². The van der Waals surface area contributed by atoms with Gasteiger partial charge < -0.3 is 15.2 Å². The van der Waals surface area contributed by atoms with Crippen LogP contribution >= 0.6 is 11.6 Å². The van der Waals surface area contributed by atoms with Gasteiger partial charge >= 0.3 is 5.97 Å². The lowest BCUT2D eigenvalue weighted by atomic mass is 9.98. The van der Waals surface area contributed by atoms with Crippen molar-refractivity contribution in [1.82, 2.24) is 5.32 Å². The Morgan fingerprint density at radius 1 is 1.45 bits per heavy atom. The minimum atomic E-state index is -1.00. The molecule has 0 spiro atoms. The van der Waals surface area contributed by atoms with E-state index in [1.54, 1.807) is 32.0 Å². The number of carboxylic acids is 1. The summed E-state index contributed by atoms with van der Waals surface area (Å²) in [5, 5.41) is 12.2. The Hall–Kier alpha value is -1.59. The molecule has 0 saturated carbocycles. The van der Waals surface area contributed by atoms with Crippen LogP contribution in [0.4, 0.5) is 0 Å². The van der Waals surface area contributed by atoms with Crippen LogP contribution in [0.5, 0.6) is 0 Å². The number of carbonyl (C=O) groups excluding carboxylic acids is 1.